The molecule has 17 heavy (non-hydrogen) atoms. The van der Waals surface area contributed by atoms with Gasteiger partial charge in [-0.1, -0.05) is 30.7 Å². The van der Waals surface area contributed by atoms with Gasteiger partial charge in [-0.25, -0.2) is 0 Å². The van der Waals surface area contributed by atoms with Gasteiger partial charge >= 0.3 is 0 Å². The molecule has 0 amide bonds. The summed E-state index contributed by atoms with van der Waals surface area (Å²) in [6, 6.07) is 9.87. The summed E-state index contributed by atoms with van der Waals surface area (Å²) in [6.07, 6.45) is 6.33. The third-order valence-corrected chi connectivity index (χ3v) is 5.04. The minimum Gasteiger partial charge on any atom is -0.306 e. The molecule has 0 heterocycles. The zero-order valence-electron chi connectivity index (χ0n) is 11.1. The first-order valence-electron chi connectivity index (χ1n) is 6.56. The van der Waals surface area contributed by atoms with Gasteiger partial charge in [-0.2, -0.15) is 11.8 Å². The van der Waals surface area contributed by atoms with Crippen LogP contribution in [0.15, 0.2) is 24.3 Å². The molecule has 1 aliphatic carbocycles. The summed E-state index contributed by atoms with van der Waals surface area (Å²) in [6.45, 7) is 4.49. The van der Waals surface area contributed by atoms with E-state index in [0.717, 1.165) is 5.25 Å². The largest absolute Gasteiger partial charge is 0.306 e. The second kappa shape index (κ2) is 5.92. The second-order valence-electron chi connectivity index (χ2n) is 5.06. The topological polar surface area (TPSA) is 12.0 Å². The van der Waals surface area contributed by atoms with Crippen LogP contribution in [0.4, 0.5) is 0 Å². The number of nitrogens with one attached hydrogen (secondary N) is 1. The number of aryl methyl sites for hydroxylation is 1. The third kappa shape index (κ3) is 3.05. The van der Waals surface area contributed by atoms with Crippen LogP contribution in [0.3, 0.4) is 0 Å². The van der Waals surface area contributed by atoms with Crippen LogP contribution in [0.25, 0.3) is 0 Å². The Kier molecular flexibility index (Phi) is 4.52. The standard InChI is InChI=1S/C15H23NS/c1-11-7-4-5-8-13(11)12(2)16-14-9-6-10-15(14)17-3/h4-5,7-8,12,14-16H,6,9-10H2,1-3H3. The Balaban J connectivity index is 2.01. The Morgan fingerprint density at radius 1 is 1.29 bits per heavy atom. The van der Waals surface area contributed by atoms with Gasteiger partial charge in [0.25, 0.3) is 0 Å². The van der Waals surface area contributed by atoms with Gasteiger partial charge in [0.05, 0.1) is 0 Å². The van der Waals surface area contributed by atoms with E-state index in [1.807, 2.05) is 11.8 Å². The van der Waals surface area contributed by atoms with Gasteiger partial charge in [0.2, 0.25) is 0 Å². The van der Waals surface area contributed by atoms with E-state index in [1.54, 1.807) is 0 Å². The summed E-state index contributed by atoms with van der Waals surface area (Å²) in [5, 5.41) is 4.62. The van der Waals surface area contributed by atoms with Crippen LogP contribution in [0.1, 0.15) is 43.4 Å². The van der Waals surface area contributed by atoms with Gasteiger partial charge in [-0.15, -0.1) is 0 Å². The number of rotatable bonds is 4. The fourth-order valence-electron chi connectivity index (χ4n) is 2.88. The van der Waals surface area contributed by atoms with Crippen LogP contribution in [-0.2, 0) is 0 Å². The molecule has 0 aromatic heterocycles. The van der Waals surface area contributed by atoms with E-state index in [2.05, 4.69) is 49.7 Å². The van der Waals surface area contributed by atoms with Crippen molar-refractivity contribution >= 4 is 11.8 Å². The van der Waals surface area contributed by atoms with Gasteiger partial charge in [0.1, 0.15) is 0 Å². The minimum atomic E-state index is 0.467. The smallest absolute Gasteiger partial charge is 0.0297 e. The molecule has 0 bridgehead atoms. The fourth-order valence-corrected chi connectivity index (χ4v) is 3.83. The Labute approximate surface area is 109 Å². The van der Waals surface area contributed by atoms with Gasteiger partial charge in [-0.05, 0) is 44.1 Å². The molecule has 0 spiro atoms. The van der Waals surface area contributed by atoms with Gasteiger partial charge in [-0.3, -0.25) is 0 Å². The van der Waals surface area contributed by atoms with Crippen molar-refractivity contribution in [2.24, 2.45) is 0 Å². The molecule has 3 atom stereocenters. The molecule has 0 aliphatic heterocycles. The van der Waals surface area contributed by atoms with Crippen molar-refractivity contribution in [2.75, 3.05) is 6.26 Å². The zero-order valence-corrected chi connectivity index (χ0v) is 11.9. The van der Waals surface area contributed by atoms with Crippen molar-refractivity contribution in [1.82, 2.24) is 5.32 Å². The molecule has 1 N–H and O–H groups in total. The molecule has 94 valence electrons. The molecule has 0 radical (unpaired) electrons. The molecular weight excluding hydrogens is 226 g/mol. The average Bonchev–Trinajstić information content (AvgIpc) is 2.76. The Bertz CT molecular complexity index is 364. The fraction of sp³-hybridized carbons (Fsp3) is 0.600. The highest BCUT2D eigenvalue weighted by molar-refractivity contribution is 7.99. The Morgan fingerprint density at radius 3 is 2.76 bits per heavy atom. The highest BCUT2D eigenvalue weighted by Crippen LogP contribution is 2.30. The first-order valence-corrected chi connectivity index (χ1v) is 7.85. The van der Waals surface area contributed by atoms with Crippen molar-refractivity contribution in [1.29, 1.82) is 0 Å². The first kappa shape index (κ1) is 13.0. The van der Waals surface area contributed by atoms with E-state index < -0.39 is 0 Å². The van der Waals surface area contributed by atoms with E-state index in [1.165, 1.54) is 30.4 Å². The lowest BCUT2D eigenvalue weighted by Gasteiger charge is -2.25. The quantitative estimate of drug-likeness (QED) is 0.867. The van der Waals surface area contributed by atoms with E-state index >= 15 is 0 Å². The van der Waals surface area contributed by atoms with Crippen molar-refractivity contribution in [2.45, 2.75) is 50.4 Å². The lowest BCUT2D eigenvalue weighted by molar-refractivity contribution is 0.466. The lowest BCUT2D eigenvalue weighted by atomic mass is 10.0. The van der Waals surface area contributed by atoms with Crippen molar-refractivity contribution in [3.05, 3.63) is 35.4 Å². The monoisotopic (exact) mass is 249 g/mol. The first-order chi connectivity index (χ1) is 8.22. The highest BCUT2D eigenvalue weighted by atomic mass is 32.2. The Hall–Kier alpha value is -0.470. The average molecular weight is 249 g/mol. The molecule has 1 saturated carbocycles. The normalized spacial score (nSPS) is 26.1. The molecular formula is C15H23NS. The molecule has 1 aromatic rings. The van der Waals surface area contributed by atoms with Crippen molar-refractivity contribution in [3.63, 3.8) is 0 Å². The molecule has 2 rings (SSSR count). The molecule has 3 unspecified atom stereocenters. The van der Waals surface area contributed by atoms with Crippen molar-refractivity contribution in [3.8, 4) is 0 Å². The van der Waals surface area contributed by atoms with Crippen LogP contribution in [0.2, 0.25) is 0 Å². The predicted molar refractivity (Wildman–Crippen MR) is 77.7 cm³/mol. The van der Waals surface area contributed by atoms with Crippen LogP contribution < -0.4 is 5.32 Å². The summed E-state index contributed by atoms with van der Waals surface area (Å²) in [5.74, 6) is 0. The molecule has 1 fully saturated rings. The summed E-state index contributed by atoms with van der Waals surface area (Å²) in [4.78, 5) is 0. The number of hydrogen-bond donors (Lipinski definition) is 1. The zero-order chi connectivity index (χ0) is 12.3. The number of benzene rings is 1. The summed E-state index contributed by atoms with van der Waals surface area (Å²) in [7, 11) is 0. The molecule has 1 aromatic carbocycles. The Morgan fingerprint density at radius 2 is 2.06 bits per heavy atom. The van der Waals surface area contributed by atoms with E-state index in [9.17, 15) is 0 Å². The molecule has 1 aliphatic rings. The van der Waals surface area contributed by atoms with E-state index in [0.29, 0.717) is 12.1 Å². The predicted octanol–water partition coefficient (Wildman–Crippen LogP) is 3.93. The second-order valence-corrected chi connectivity index (χ2v) is 6.13. The SMILES string of the molecule is CSC1CCCC1NC(C)c1ccccc1C. The van der Waals surface area contributed by atoms with Crippen LogP contribution in [-0.4, -0.2) is 17.5 Å². The number of thioether (sulfide) groups is 1. The van der Waals surface area contributed by atoms with Gasteiger partial charge in [0.15, 0.2) is 0 Å². The van der Waals surface area contributed by atoms with Gasteiger partial charge < -0.3 is 5.32 Å². The van der Waals surface area contributed by atoms with Crippen LogP contribution in [0, 0.1) is 6.92 Å². The molecule has 0 saturated heterocycles. The summed E-state index contributed by atoms with van der Waals surface area (Å²) >= 11 is 2.02. The highest BCUT2D eigenvalue weighted by Gasteiger charge is 2.27. The number of hydrogen-bond acceptors (Lipinski definition) is 2. The van der Waals surface area contributed by atoms with E-state index in [-0.39, 0.29) is 0 Å². The molecule has 1 nitrogen and oxygen atoms in total. The maximum absolute atomic E-state index is 3.82. The molecule has 2 heteroatoms. The summed E-state index contributed by atoms with van der Waals surface area (Å²) in [5.41, 5.74) is 2.84. The lowest BCUT2D eigenvalue weighted by Crippen LogP contribution is -2.36. The van der Waals surface area contributed by atoms with Crippen LogP contribution >= 0.6 is 11.8 Å². The van der Waals surface area contributed by atoms with Crippen LogP contribution in [0.5, 0.6) is 0 Å². The maximum atomic E-state index is 3.82. The van der Waals surface area contributed by atoms with E-state index in [4.69, 9.17) is 0 Å². The minimum absolute atomic E-state index is 0.467. The maximum Gasteiger partial charge on any atom is 0.0297 e. The summed E-state index contributed by atoms with van der Waals surface area (Å²) < 4.78 is 0. The van der Waals surface area contributed by atoms with Gasteiger partial charge in [0, 0.05) is 17.3 Å². The third-order valence-electron chi connectivity index (χ3n) is 3.87. The van der Waals surface area contributed by atoms with Crippen molar-refractivity contribution < 1.29 is 0 Å².